The third-order valence-corrected chi connectivity index (χ3v) is 3.43. The van der Waals surface area contributed by atoms with Gasteiger partial charge in [-0.25, -0.2) is 8.78 Å². The molecule has 1 saturated carbocycles. The lowest BCUT2D eigenvalue weighted by Gasteiger charge is -2.28. The van der Waals surface area contributed by atoms with E-state index in [1.54, 1.807) is 12.1 Å². The fourth-order valence-electron chi connectivity index (χ4n) is 2.39. The van der Waals surface area contributed by atoms with Crippen molar-refractivity contribution in [3.05, 3.63) is 29.8 Å². The van der Waals surface area contributed by atoms with E-state index in [0.29, 0.717) is 18.5 Å². The zero-order valence-electron chi connectivity index (χ0n) is 10.9. The normalized spacial score (nSPS) is 21.2. The average Bonchev–Trinajstić information content (AvgIpc) is 2.37. The van der Waals surface area contributed by atoms with Crippen molar-refractivity contribution in [3.8, 4) is 0 Å². The number of nitrogens with two attached hydrogens (primary N) is 1. The van der Waals surface area contributed by atoms with Crippen molar-refractivity contribution >= 4 is 17.5 Å². The molecule has 1 aromatic rings. The van der Waals surface area contributed by atoms with Gasteiger partial charge in [0.2, 0.25) is 17.7 Å². The van der Waals surface area contributed by atoms with Crippen LogP contribution in [0.4, 0.5) is 14.5 Å². The molecule has 0 aromatic heterocycles. The molecule has 0 saturated heterocycles. The molecule has 1 aliphatic carbocycles. The lowest BCUT2D eigenvalue weighted by atomic mass is 9.86. The van der Waals surface area contributed by atoms with Gasteiger partial charge >= 0.3 is 0 Å². The zero-order chi connectivity index (χ0) is 14.8. The monoisotopic (exact) mass is 282 g/mol. The van der Waals surface area contributed by atoms with Gasteiger partial charge in [0.15, 0.2) is 0 Å². The van der Waals surface area contributed by atoms with Crippen molar-refractivity contribution in [2.75, 3.05) is 5.32 Å². The molecule has 1 aromatic carbocycles. The maximum Gasteiger partial charge on any atom is 0.248 e. The van der Waals surface area contributed by atoms with Crippen molar-refractivity contribution in [2.45, 2.75) is 31.6 Å². The van der Waals surface area contributed by atoms with E-state index in [0.717, 1.165) is 0 Å². The van der Waals surface area contributed by atoms with Crippen LogP contribution in [0.5, 0.6) is 0 Å². The summed E-state index contributed by atoms with van der Waals surface area (Å²) < 4.78 is 26.6. The van der Waals surface area contributed by atoms with Gasteiger partial charge in [0.1, 0.15) is 0 Å². The number of primary amides is 1. The Kier molecular flexibility index (Phi) is 4.01. The van der Waals surface area contributed by atoms with Crippen LogP contribution in [0, 0.1) is 5.92 Å². The lowest BCUT2D eigenvalue weighted by molar-refractivity contribution is -0.127. The predicted octanol–water partition coefficient (Wildman–Crippen LogP) is 2.55. The largest absolute Gasteiger partial charge is 0.366 e. The van der Waals surface area contributed by atoms with Gasteiger partial charge in [-0.05, 0) is 31.0 Å². The van der Waals surface area contributed by atoms with Crippen molar-refractivity contribution < 1.29 is 18.4 Å². The van der Waals surface area contributed by atoms with E-state index in [-0.39, 0.29) is 12.0 Å². The van der Waals surface area contributed by atoms with E-state index in [2.05, 4.69) is 5.32 Å². The first-order chi connectivity index (χ1) is 9.37. The van der Waals surface area contributed by atoms with E-state index in [4.69, 9.17) is 5.73 Å². The Morgan fingerprint density at radius 1 is 1.35 bits per heavy atom. The first kappa shape index (κ1) is 14.4. The number of halogens is 2. The quantitative estimate of drug-likeness (QED) is 0.894. The Morgan fingerprint density at radius 3 is 2.75 bits per heavy atom. The summed E-state index contributed by atoms with van der Waals surface area (Å²) in [6.45, 7) is 0. The molecular formula is C14H16F2N2O2. The second kappa shape index (κ2) is 5.56. The van der Waals surface area contributed by atoms with Crippen molar-refractivity contribution in [2.24, 2.45) is 11.7 Å². The van der Waals surface area contributed by atoms with Crippen molar-refractivity contribution in [1.29, 1.82) is 0 Å². The van der Waals surface area contributed by atoms with Crippen LogP contribution in [-0.4, -0.2) is 17.7 Å². The van der Waals surface area contributed by atoms with Gasteiger partial charge in [-0.3, -0.25) is 9.59 Å². The molecule has 4 nitrogen and oxygen atoms in total. The third-order valence-electron chi connectivity index (χ3n) is 3.43. The number of anilines is 1. The number of amides is 2. The molecule has 2 rings (SSSR count). The highest BCUT2D eigenvalue weighted by Gasteiger charge is 2.39. The van der Waals surface area contributed by atoms with Crippen LogP contribution < -0.4 is 11.1 Å². The van der Waals surface area contributed by atoms with Gasteiger partial charge in [-0.15, -0.1) is 0 Å². The summed E-state index contributed by atoms with van der Waals surface area (Å²) in [5, 5.41) is 2.56. The molecule has 1 atom stereocenters. The summed E-state index contributed by atoms with van der Waals surface area (Å²) in [5.74, 6) is -4.51. The van der Waals surface area contributed by atoms with Crippen molar-refractivity contribution in [3.63, 3.8) is 0 Å². The molecule has 1 unspecified atom stereocenters. The number of nitrogens with one attached hydrogen (secondary N) is 1. The van der Waals surface area contributed by atoms with E-state index in [1.165, 1.54) is 12.1 Å². The van der Waals surface area contributed by atoms with Gasteiger partial charge in [0.05, 0.1) is 0 Å². The minimum Gasteiger partial charge on any atom is -0.366 e. The standard InChI is InChI=1S/C14H16F2N2O2/c15-14(16)6-2-4-10(8-14)13(20)18-11-5-1-3-9(7-11)12(17)19/h1,3,5,7,10H,2,4,6,8H2,(H2,17,19)(H,18,20). The molecule has 6 heteroatoms. The minimum absolute atomic E-state index is 0.159. The first-order valence-corrected chi connectivity index (χ1v) is 6.46. The zero-order valence-corrected chi connectivity index (χ0v) is 10.9. The Bertz CT molecular complexity index is 532. The summed E-state index contributed by atoms with van der Waals surface area (Å²) in [7, 11) is 0. The molecule has 2 amide bonds. The summed E-state index contributed by atoms with van der Waals surface area (Å²) in [6, 6.07) is 6.12. The molecule has 3 N–H and O–H groups in total. The molecule has 0 radical (unpaired) electrons. The fourth-order valence-corrected chi connectivity index (χ4v) is 2.39. The van der Waals surface area contributed by atoms with Gasteiger partial charge in [-0.2, -0.15) is 0 Å². The summed E-state index contributed by atoms with van der Waals surface area (Å²) in [6.07, 6.45) is 0.214. The Balaban J connectivity index is 2.04. The molecule has 0 spiro atoms. The highest BCUT2D eigenvalue weighted by molar-refractivity contribution is 5.96. The fraction of sp³-hybridized carbons (Fsp3) is 0.429. The highest BCUT2D eigenvalue weighted by atomic mass is 19.3. The van der Waals surface area contributed by atoms with Gasteiger partial charge < -0.3 is 11.1 Å². The van der Waals surface area contributed by atoms with Crippen molar-refractivity contribution in [1.82, 2.24) is 0 Å². The SMILES string of the molecule is NC(=O)c1cccc(NC(=O)C2CCCC(F)(F)C2)c1. The summed E-state index contributed by atoms with van der Waals surface area (Å²) in [5.41, 5.74) is 5.79. The van der Waals surface area contributed by atoms with Crippen LogP contribution in [0.3, 0.4) is 0 Å². The van der Waals surface area contributed by atoms with E-state index in [1.807, 2.05) is 0 Å². The maximum atomic E-state index is 13.3. The number of hydrogen-bond donors (Lipinski definition) is 2. The van der Waals surface area contributed by atoms with E-state index in [9.17, 15) is 18.4 Å². The van der Waals surface area contributed by atoms with Crippen LogP contribution in [0.2, 0.25) is 0 Å². The number of carbonyl (C=O) groups is 2. The Labute approximate surface area is 115 Å². The number of alkyl halides is 2. The minimum atomic E-state index is -2.77. The second-order valence-corrected chi connectivity index (χ2v) is 5.08. The van der Waals surface area contributed by atoms with Gasteiger partial charge in [0, 0.05) is 30.0 Å². The van der Waals surface area contributed by atoms with Crippen LogP contribution in [0.1, 0.15) is 36.0 Å². The molecule has 0 bridgehead atoms. The Hall–Kier alpha value is -1.98. The Morgan fingerprint density at radius 2 is 2.10 bits per heavy atom. The van der Waals surface area contributed by atoms with Gasteiger partial charge in [-0.1, -0.05) is 6.07 Å². The third kappa shape index (κ3) is 3.53. The molecular weight excluding hydrogens is 266 g/mol. The molecule has 108 valence electrons. The average molecular weight is 282 g/mol. The predicted molar refractivity (Wildman–Crippen MR) is 70.5 cm³/mol. The van der Waals surface area contributed by atoms with Crippen LogP contribution in [-0.2, 0) is 4.79 Å². The topological polar surface area (TPSA) is 72.2 Å². The number of hydrogen-bond acceptors (Lipinski definition) is 2. The van der Waals surface area contributed by atoms with Crippen LogP contribution in [0.15, 0.2) is 24.3 Å². The highest BCUT2D eigenvalue weighted by Crippen LogP contribution is 2.37. The second-order valence-electron chi connectivity index (χ2n) is 5.08. The lowest BCUT2D eigenvalue weighted by Crippen LogP contribution is -2.33. The summed E-state index contributed by atoms with van der Waals surface area (Å²) in [4.78, 5) is 23.0. The molecule has 1 fully saturated rings. The van der Waals surface area contributed by atoms with Crippen LogP contribution in [0.25, 0.3) is 0 Å². The molecule has 20 heavy (non-hydrogen) atoms. The molecule has 0 heterocycles. The molecule has 1 aliphatic rings. The van der Waals surface area contributed by atoms with E-state index >= 15 is 0 Å². The summed E-state index contributed by atoms with van der Waals surface area (Å²) >= 11 is 0. The van der Waals surface area contributed by atoms with E-state index < -0.39 is 30.1 Å². The molecule has 0 aliphatic heterocycles. The van der Waals surface area contributed by atoms with Gasteiger partial charge in [0.25, 0.3) is 0 Å². The number of rotatable bonds is 3. The maximum absolute atomic E-state index is 13.3. The van der Waals surface area contributed by atoms with Crippen LogP contribution >= 0.6 is 0 Å². The smallest absolute Gasteiger partial charge is 0.248 e. The first-order valence-electron chi connectivity index (χ1n) is 6.46. The number of benzene rings is 1. The number of carbonyl (C=O) groups excluding carboxylic acids is 2.